The quantitative estimate of drug-likeness (QED) is 0.754. The van der Waals surface area contributed by atoms with Gasteiger partial charge >= 0.3 is 5.97 Å². The Bertz CT molecular complexity index is 344. The van der Waals surface area contributed by atoms with E-state index >= 15 is 0 Å². The van der Waals surface area contributed by atoms with Crippen molar-refractivity contribution >= 4 is 5.97 Å². The highest BCUT2D eigenvalue weighted by Crippen LogP contribution is 2.37. The van der Waals surface area contributed by atoms with Gasteiger partial charge in [-0.3, -0.25) is 0 Å². The second-order valence-corrected chi connectivity index (χ2v) is 3.66. The lowest BCUT2D eigenvalue weighted by Gasteiger charge is -2.07. The summed E-state index contributed by atoms with van der Waals surface area (Å²) in [6.07, 6.45) is 4.29. The Morgan fingerprint density at radius 3 is 3.07 bits per heavy atom. The molecule has 1 atom stereocenters. The Labute approximate surface area is 80.9 Å². The summed E-state index contributed by atoms with van der Waals surface area (Å²) >= 11 is 0. The second kappa shape index (κ2) is 3.42. The van der Waals surface area contributed by atoms with Crippen LogP contribution >= 0.6 is 0 Å². The van der Waals surface area contributed by atoms with Crippen LogP contribution in [0.15, 0.2) is 10.8 Å². The van der Waals surface area contributed by atoms with Crippen LogP contribution in [-0.4, -0.2) is 16.1 Å². The van der Waals surface area contributed by atoms with Crippen molar-refractivity contribution in [3.63, 3.8) is 0 Å². The van der Waals surface area contributed by atoms with Gasteiger partial charge in [0.25, 0.3) is 0 Å². The van der Waals surface area contributed by atoms with Gasteiger partial charge in [-0.25, -0.2) is 9.78 Å². The highest BCUT2D eigenvalue weighted by Gasteiger charge is 2.28. The van der Waals surface area contributed by atoms with Gasteiger partial charge in [0.15, 0.2) is 17.8 Å². The Morgan fingerprint density at radius 1 is 1.79 bits per heavy atom. The Balaban J connectivity index is 2.12. The molecule has 0 saturated heterocycles. The molecule has 1 saturated carbocycles. The van der Waals surface area contributed by atoms with E-state index < -0.39 is 5.97 Å². The van der Waals surface area contributed by atoms with Crippen LogP contribution in [0.5, 0.6) is 0 Å². The van der Waals surface area contributed by atoms with Crippen molar-refractivity contribution in [3.8, 4) is 0 Å². The van der Waals surface area contributed by atoms with Crippen LogP contribution in [0.4, 0.5) is 0 Å². The molecule has 76 valence electrons. The van der Waals surface area contributed by atoms with E-state index in [1.807, 2.05) is 0 Å². The summed E-state index contributed by atoms with van der Waals surface area (Å²) in [6.45, 7) is 0. The normalized spacial score (nSPS) is 18.1. The smallest absolute Gasteiger partial charge is 0.358 e. The fourth-order valence-corrected chi connectivity index (χ4v) is 1.50. The summed E-state index contributed by atoms with van der Waals surface area (Å²) in [5, 5.41) is 8.78. The summed E-state index contributed by atoms with van der Waals surface area (Å²) in [6, 6.07) is -0.337. The molecule has 0 amide bonds. The predicted octanol–water partition coefficient (Wildman–Crippen LogP) is 1.17. The molecular formula is C9H12N2O3. The topological polar surface area (TPSA) is 89.4 Å². The van der Waals surface area contributed by atoms with E-state index in [0.717, 1.165) is 12.8 Å². The maximum atomic E-state index is 10.7. The fraction of sp³-hybridized carbons (Fsp3) is 0.556. The Kier molecular flexibility index (Phi) is 2.25. The first-order chi connectivity index (χ1) is 6.68. The molecule has 1 aromatic heterocycles. The molecule has 5 heteroatoms. The van der Waals surface area contributed by atoms with Crippen LogP contribution in [0.2, 0.25) is 0 Å². The monoisotopic (exact) mass is 196 g/mol. The first-order valence-electron chi connectivity index (χ1n) is 4.60. The van der Waals surface area contributed by atoms with Crippen molar-refractivity contribution in [3.05, 3.63) is 17.8 Å². The van der Waals surface area contributed by atoms with Crippen LogP contribution in [-0.2, 0) is 0 Å². The predicted molar refractivity (Wildman–Crippen MR) is 47.7 cm³/mol. The fourth-order valence-electron chi connectivity index (χ4n) is 1.50. The average Bonchev–Trinajstić information content (AvgIpc) is 2.81. The lowest BCUT2D eigenvalue weighted by atomic mass is 10.1. The van der Waals surface area contributed by atoms with Gasteiger partial charge in [-0.15, -0.1) is 0 Å². The van der Waals surface area contributed by atoms with Gasteiger partial charge in [0.05, 0.1) is 6.04 Å². The number of hydrogen-bond acceptors (Lipinski definition) is 4. The molecule has 1 heterocycles. The highest BCUT2D eigenvalue weighted by molar-refractivity contribution is 5.86. The minimum Gasteiger partial charge on any atom is -0.476 e. The van der Waals surface area contributed by atoms with Crippen LogP contribution in [0.3, 0.4) is 0 Å². The average molecular weight is 196 g/mol. The minimum atomic E-state index is -1.08. The number of nitrogens with zero attached hydrogens (tertiary/aromatic N) is 1. The SMILES string of the molecule is N[C@@H](CC1CC1)c1ocnc1C(=O)O. The molecule has 0 unspecified atom stereocenters. The van der Waals surface area contributed by atoms with E-state index in [1.54, 1.807) is 0 Å². The molecule has 0 spiro atoms. The summed E-state index contributed by atoms with van der Waals surface area (Å²) in [5.74, 6) is -0.152. The van der Waals surface area contributed by atoms with Crippen LogP contribution in [0.25, 0.3) is 0 Å². The summed E-state index contributed by atoms with van der Waals surface area (Å²) in [7, 11) is 0. The zero-order valence-electron chi connectivity index (χ0n) is 7.64. The summed E-state index contributed by atoms with van der Waals surface area (Å²) in [5.41, 5.74) is 5.76. The van der Waals surface area contributed by atoms with Gasteiger partial charge in [0.1, 0.15) is 0 Å². The number of nitrogens with two attached hydrogens (primary N) is 1. The van der Waals surface area contributed by atoms with Gasteiger partial charge < -0.3 is 15.3 Å². The molecule has 14 heavy (non-hydrogen) atoms. The van der Waals surface area contributed by atoms with Crippen molar-refractivity contribution in [2.45, 2.75) is 25.3 Å². The van der Waals surface area contributed by atoms with Gasteiger partial charge in [-0.05, 0) is 12.3 Å². The third-order valence-electron chi connectivity index (χ3n) is 2.42. The zero-order valence-corrected chi connectivity index (χ0v) is 7.64. The molecule has 3 N–H and O–H groups in total. The molecule has 0 radical (unpaired) electrons. The number of carboxylic acid groups (broad SMARTS) is 1. The van der Waals surface area contributed by atoms with E-state index in [9.17, 15) is 4.79 Å². The van der Waals surface area contributed by atoms with E-state index in [4.69, 9.17) is 15.3 Å². The molecule has 2 rings (SSSR count). The van der Waals surface area contributed by atoms with E-state index in [0.29, 0.717) is 11.7 Å². The lowest BCUT2D eigenvalue weighted by Crippen LogP contribution is -2.14. The van der Waals surface area contributed by atoms with Gasteiger partial charge in [-0.1, -0.05) is 12.8 Å². The zero-order chi connectivity index (χ0) is 10.1. The molecule has 1 fully saturated rings. The highest BCUT2D eigenvalue weighted by atomic mass is 16.4. The van der Waals surface area contributed by atoms with Crippen LogP contribution in [0.1, 0.15) is 41.6 Å². The Hall–Kier alpha value is -1.36. The minimum absolute atomic E-state index is 0.0573. The van der Waals surface area contributed by atoms with E-state index in [2.05, 4.69) is 4.98 Å². The largest absolute Gasteiger partial charge is 0.476 e. The maximum Gasteiger partial charge on any atom is 0.358 e. The number of aromatic nitrogens is 1. The maximum absolute atomic E-state index is 10.7. The van der Waals surface area contributed by atoms with E-state index in [-0.39, 0.29) is 11.7 Å². The number of rotatable bonds is 4. The molecule has 1 aliphatic carbocycles. The lowest BCUT2D eigenvalue weighted by molar-refractivity contribution is 0.0687. The number of aromatic carboxylic acids is 1. The molecule has 0 aromatic carbocycles. The number of oxazole rings is 1. The molecule has 5 nitrogen and oxygen atoms in total. The number of hydrogen-bond donors (Lipinski definition) is 2. The Morgan fingerprint density at radius 2 is 2.50 bits per heavy atom. The standard InChI is InChI=1S/C9H12N2O3/c10-6(3-5-1-2-5)8-7(9(12)13)11-4-14-8/h4-6H,1-3,10H2,(H,12,13)/t6-/m0/s1. The first kappa shape index (κ1) is 9.21. The van der Waals surface area contributed by atoms with Gasteiger partial charge in [0.2, 0.25) is 0 Å². The first-order valence-corrected chi connectivity index (χ1v) is 4.60. The van der Waals surface area contributed by atoms with Crippen molar-refractivity contribution in [1.29, 1.82) is 0 Å². The number of carbonyl (C=O) groups is 1. The third-order valence-corrected chi connectivity index (χ3v) is 2.42. The number of carboxylic acids is 1. The second-order valence-electron chi connectivity index (χ2n) is 3.66. The van der Waals surface area contributed by atoms with Crippen molar-refractivity contribution < 1.29 is 14.3 Å². The van der Waals surface area contributed by atoms with Gasteiger partial charge in [-0.2, -0.15) is 0 Å². The van der Waals surface area contributed by atoms with Crippen LogP contribution in [0, 0.1) is 5.92 Å². The summed E-state index contributed by atoms with van der Waals surface area (Å²) in [4.78, 5) is 14.3. The van der Waals surface area contributed by atoms with Crippen molar-refractivity contribution in [2.75, 3.05) is 0 Å². The summed E-state index contributed by atoms with van der Waals surface area (Å²) < 4.78 is 5.00. The molecule has 1 aromatic rings. The van der Waals surface area contributed by atoms with Crippen molar-refractivity contribution in [2.24, 2.45) is 11.7 Å². The molecule has 0 bridgehead atoms. The van der Waals surface area contributed by atoms with Crippen molar-refractivity contribution in [1.82, 2.24) is 4.98 Å². The van der Waals surface area contributed by atoms with E-state index in [1.165, 1.54) is 12.8 Å². The molecule has 0 aliphatic heterocycles. The third kappa shape index (κ3) is 1.77. The molecule has 1 aliphatic rings. The molecular weight excluding hydrogens is 184 g/mol. The van der Waals surface area contributed by atoms with Gasteiger partial charge in [0, 0.05) is 0 Å². The van der Waals surface area contributed by atoms with Crippen LogP contribution < -0.4 is 5.73 Å².